The van der Waals surface area contributed by atoms with Gasteiger partial charge in [-0.15, -0.1) is 0 Å². The van der Waals surface area contributed by atoms with Gasteiger partial charge in [-0.3, -0.25) is 0 Å². The third-order valence-electron chi connectivity index (χ3n) is 3.84. The van der Waals surface area contributed by atoms with Crippen molar-refractivity contribution in [3.8, 4) is 0 Å². The number of ether oxygens (including phenoxy) is 3. The fraction of sp³-hybridized carbons (Fsp3) is 0.750. The van der Waals surface area contributed by atoms with E-state index in [1.165, 1.54) is 4.72 Å². The molecule has 2 aliphatic rings. The number of aliphatic hydroxyl groups is 5. The predicted octanol–water partition coefficient (Wildman–Crippen LogP) is -6.43. The summed E-state index contributed by atoms with van der Waals surface area (Å²) in [7, 11) is -5.14. The minimum absolute atomic E-state index is 0.634. The molecule has 0 amide bonds. The molecule has 1 saturated heterocycles. The van der Waals surface area contributed by atoms with Gasteiger partial charge in [0.25, 0.3) is 0 Å². The van der Waals surface area contributed by atoms with E-state index in [0.717, 1.165) is 0 Å². The van der Waals surface area contributed by atoms with E-state index in [9.17, 15) is 48.4 Å². The van der Waals surface area contributed by atoms with Crippen molar-refractivity contribution in [2.24, 2.45) is 0 Å². The second kappa shape index (κ2) is 8.31. The fourth-order valence-corrected chi connectivity index (χ4v) is 3.16. The molecule has 156 valence electrons. The van der Waals surface area contributed by atoms with Crippen LogP contribution in [0.5, 0.6) is 0 Å². The lowest BCUT2D eigenvalue weighted by Gasteiger charge is -2.44. The average molecular weight is 415 g/mol. The minimum Gasteiger partial charge on any atom is -0.735 e. The number of carbonyl (C=O) groups excluding carboxylic acids is 1. The third kappa shape index (κ3) is 5.11. The summed E-state index contributed by atoms with van der Waals surface area (Å²) in [6, 6.07) is -1.91. The maximum Gasteiger partial charge on any atom is 0.229 e. The van der Waals surface area contributed by atoms with Gasteiger partial charge in [0.15, 0.2) is 16.6 Å². The van der Waals surface area contributed by atoms with Gasteiger partial charge in [0, 0.05) is 0 Å². The van der Waals surface area contributed by atoms with Crippen molar-refractivity contribution in [3.63, 3.8) is 0 Å². The Hall–Kier alpha value is -1.40. The van der Waals surface area contributed by atoms with Gasteiger partial charge in [0.1, 0.15) is 48.3 Å². The van der Waals surface area contributed by atoms with Crippen LogP contribution in [-0.2, 0) is 29.3 Å². The van der Waals surface area contributed by atoms with Crippen LogP contribution in [0.1, 0.15) is 0 Å². The third-order valence-corrected chi connectivity index (χ3v) is 4.40. The molecule has 0 aromatic heterocycles. The standard InChI is InChI=1S/C12H19NO13S/c14-2-5-9(8(17)6(11(20)24-5)13-27(21,22)23)26-12-7(16)3(15)1-4(25-12)10(18)19/h1,3,5-9,11-17,20H,2H2,(H,18,19)(H,21,22,23)/p-2/t3-,5+,6+,7+,8+,9+,11?,12-/m0/s1. The predicted molar refractivity (Wildman–Crippen MR) is 75.4 cm³/mol. The van der Waals surface area contributed by atoms with E-state index in [2.05, 4.69) is 0 Å². The lowest BCUT2D eigenvalue weighted by Crippen LogP contribution is -2.66. The summed E-state index contributed by atoms with van der Waals surface area (Å²) >= 11 is 0. The molecule has 6 N–H and O–H groups in total. The summed E-state index contributed by atoms with van der Waals surface area (Å²) in [5.74, 6) is -2.73. The molecule has 27 heavy (non-hydrogen) atoms. The molecule has 1 unspecified atom stereocenters. The van der Waals surface area contributed by atoms with Gasteiger partial charge in [-0.2, -0.15) is 0 Å². The van der Waals surface area contributed by atoms with Gasteiger partial charge in [-0.05, 0) is 6.08 Å². The molecule has 8 atom stereocenters. The van der Waals surface area contributed by atoms with E-state index >= 15 is 0 Å². The first-order valence-electron chi connectivity index (χ1n) is 7.41. The van der Waals surface area contributed by atoms with E-state index in [1.54, 1.807) is 0 Å². The number of hydrogen-bond donors (Lipinski definition) is 6. The number of aliphatic hydroxyl groups excluding tert-OH is 5. The SMILES string of the molecule is O=C([O-])C1=C[C@H](O)[C@@H](O)[C@H](O[C@H]2[C@H](O)[C@@H](NS(=O)(=O)[O-])C(O)O[C@@H]2CO)O1. The first-order valence-corrected chi connectivity index (χ1v) is 8.82. The molecule has 0 aromatic carbocycles. The summed E-state index contributed by atoms with van der Waals surface area (Å²) in [5.41, 5.74) is 0. The van der Waals surface area contributed by atoms with E-state index < -0.39 is 77.8 Å². The van der Waals surface area contributed by atoms with Crippen LogP contribution in [0.25, 0.3) is 0 Å². The van der Waals surface area contributed by atoms with Gasteiger partial charge in [-0.25, -0.2) is 13.1 Å². The molecule has 15 heteroatoms. The van der Waals surface area contributed by atoms with Crippen molar-refractivity contribution in [2.45, 2.75) is 49.1 Å². The zero-order valence-electron chi connectivity index (χ0n) is 13.3. The quantitative estimate of drug-likeness (QED) is 0.221. The zero-order valence-corrected chi connectivity index (χ0v) is 14.1. The lowest BCUT2D eigenvalue weighted by molar-refractivity contribution is -0.321. The Labute approximate surface area is 152 Å². The monoisotopic (exact) mass is 415 g/mol. The molecule has 0 aromatic rings. The number of carbonyl (C=O) groups is 1. The van der Waals surface area contributed by atoms with E-state index in [0.29, 0.717) is 6.08 Å². The van der Waals surface area contributed by atoms with Crippen molar-refractivity contribution in [1.82, 2.24) is 4.72 Å². The molecule has 0 aliphatic carbocycles. The molecule has 2 rings (SSSR count). The van der Waals surface area contributed by atoms with Crippen LogP contribution >= 0.6 is 0 Å². The molecule has 2 heterocycles. The molecule has 0 saturated carbocycles. The number of aliphatic carboxylic acids is 1. The number of carboxylic acid groups (broad SMARTS) is 1. The van der Waals surface area contributed by atoms with E-state index in [4.69, 9.17) is 14.2 Å². The first kappa shape index (κ1) is 21.9. The normalized spacial score (nSPS) is 40.1. The Morgan fingerprint density at radius 1 is 1.26 bits per heavy atom. The molecule has 0 radical (unpaired) electrons. The molecular formula is C12H17NO13S-2. The highest BCUT2D eigenvalue weighted by atomic mass is 32.2. The van der Waals surface area contributed by atoms with E-state index in [-0.39, 0.29) is 0 Å². The number of nitrogens with one attached hydrogen (secondary N) is 1. The summed E-state index contributed by atoms with van der Waals surface area (Å²) < 4.78 is 48.7. The summed E-state index contributed by atoms with van der Waals surface area (Å²) in [4.78, 5) is 10.9. The van der Waals surface area contributed by atoms with Crippen LogP contribution in [0, 0.1) is 0 Å². The van der Waals surface area contributed by atoms with Gasteiger partial charge in [-0.1, -0.05) is 0 Å². The first-order chi connectivity index (χ1) is 12.4. The molecule has 2 aliphatic heterocycles. The minimum atomic E-state index is -5.14. The number of rotatable bonds is 6. The zero-order chi connectivity index (χ0) is 20.5. The maximum absolute atomic E-state index is 10.9. The fourth-order valence-electron chi connectivity index (χ4n) is 2.57. The Bertz CT molecular complexity index is 681. The van der Waals surface area contributed by atoms with Gasteiger partial charge in [0.2, 0.25) is 6.29 Å². The summed E-state index contributed by atoms with van der Waals surface area (Å²) in [5, 5.41) is 59.6. The highest BCUT2D eigenvalue weighted by Gasteiger charge is 2.48. The Morgan fingerprint density at radius 3 is 2.41 bits per heavy atom. The van der Waals surface area contributed by atoms with Crippen LogP contribution in [0.4, 0.5) is 0 Å². The smallest absolute Gasteiger partial charge is 0.229 e. The molecule has 1 fully saturated rings. The summed E-state index contributed by atoms with van der Waals surface area (Å²) in [6.07, 6.45) is -12.1. The van der Waals surface area contributed by atoms with Gasteiger partial charge < -0.3 is 54.2 Å². The average Bonchev–Trinajstić information content (AvgIpc) is 2.56. The lowest BCUT2D eigenvalue weighted by atomic mass is 9.97. The van der Waals surface area contributed by atoms with Gasteiger partial charge in [0.05, 0.1) is 6.61 Å². The molecule has 0 bridgehead atoms. The molecule has 0 spiro atoms. The van der Waals surface area contributed by atoms with Gasteiger partial charge >= 0.3 is 0 Å². The van der Waals surface area contributed by atoms with Crippen LogP contribution in [0.3, 0.4) is 0 Å². The number of hydrogen-bond acceptors (Lipinski definition) is 13. The van der Waals surface area contributed by atoms with Crippen molar-refractivity contribution in [2.75, 3.05) is 6.61 Å². The van der Waals surface area contributed by atoms with Crippen LogP contribution in [0.2, 0.25) is 0 Å². The Morgan fingerprint density at radius 2 is 1.89 bits per heavy atom. The highest BCUT2D eigenvalue weighted by Crippen LogP contribution is 2.27. The maximum atomic E-state index is 10.9. The Balaban J connectivity index is 2.23. The van der Waals surface area contributed by atoms with Crippen molar-refractivity contribution < 1.29 is 62.6 Å². The second-order valence-corrected chi connectivity index (χ2v) is 6.87. The van der Waals surface area contributed by atoms with E-state index in [1.807, 2.05) is 0 Å². The largest absolute Gasteiger partial charge is 0.735 e. The topological polar surface area (TPSA) is 238 Å². The van der Waals surface area contributed by atoms with Crippen molar-refractivity contribution in [1.29, 1.82) is 0 Å². The van der Waals surface area contributed by atoms with Crippen molar-refractivity contribution >= 4 is 16.3 Å². The Kier molecular flexibility index (Phi) is 6.74. The molecule has 14 nitrogen and oxygen atoms in total. The number of carboxylic acids is 1. The summed E-state index contributed by atoms with van der Waals surface area (Å²) in [6.45, 7) is -0.871. The van der Waals surface area contributed by atoms with Crippen LogP contribution in [0.15, 0.2) is 11.8 Å². The van der Waals surface area contributed by atoms with Crippen LogP contribution in [-0.4, -0.2) is 100 Å². The van der Waals surface area contributed by atoms with Crippen LogP contribution < -0.4 is 9.83 Å². The highest BCUT2D eigenvalue weighted by molar-refractivity contribution is 7.83. The van der Waals surface area contributed by atoms with Crippen molar-refractivity contribution in [3.05, 3.63) is 11.8 Å². The second-order valence-electron chi connectivity index (χ2n) is 5.72. The molecular weight excluding hydrogens is 398 g/mol.